The van der Waals surface area contributed by atoms with Crippen LogP contribution in [0.1, 0.15) is 12.0 Å². The molecule has 0 aliphatic carbocycles. The van der Waals surface area contributed by atoms with Gasteiger partial charge in [0.2, 0.25) is 0 Å². The zero-order valence-electron chi connectivity index (χ0n) is 11.9. The zero-order chi connectivity index (χ0) is 14.7. The lowest BCUT2D eigenvalue weighted by Crippen LogP contribution is -2.43. The van der Waals surface area contributed by atoms with Crippen molar-refractivity contribution in [2.24, 2.45) is 0 Å². The lowest BCUT2D eigenvalue weighted by atomic mass is 10.1. The van der Waals surface area contributed by atoms with E-state index in [-0.39, 0.29) is 18.1 Å². The minimum Gasteiger partial charge on any atom is -0.493 e. The number of amides is 2. The van der Waals surface area contributed by atoms with Crippen LogP contribution in [0.4, 0.5) is 9.93 Å². The minimum atomic E-state index is -0.0625. The normalized spacial score (nSPS) is 26.7. The lowest BCUT2D eigenvalue weighted by molar-refractivity contribution is 0.0717. The van der Waals surface area contributed by atoms with E-state index >= 15 is 0 Å². The van der Waals surface area contributed by atoms with E-state index < -0.39 is 0 Å². The Morgan fingerprint density at radius 1 is 1.36 bits per heavy atom. The third-order valence-electron chi connectivity index (χ3n) is 4.61. The fraction of sp³-hybridized carbons (Fsp3) is 0.467. The van der Waals surface area contributed by atoms with Gasteiger partial charge in [0.1, 0.15) is 5.75 Å². The molecule has 0 saturated carbocycles. The van der Waals surface area contributed by atoms with Crippen LogP contribution in [0.5, 0.6) is 5.75 Å². The van der Waals surface area contributed by atoms with E-state index in [0.717, 1.165) is 33.9 Å². The van der Waals surface area contributed by atoms with E-state index in [2.05, 4.69) is 5.32 Å². The second kappa shape index (κ2) is 4.57. The fourth-order valence-corrected chi connectivity index (χ4v) is 4.59. The van der Waals surface area contributed by atoms with Gasteiger partial charge in [-0.3, -0.25) is 4.90 Å². The molecule has 114 valence electrons. The number of nitrogens with zero attached hydrogens (tertiary/aromatic N) is 2. The van der Waals surface area contributed by atoms with Gasteiger partial charge in [-0.05, 0) is 18.6 Å². The second-order valence-electron chi connectivity index (χ2n) is 5.84. The zero-order valence-corrected chi connectivity index (χ0v) is 12.7. The van der Waals surface area contributed by atoms with Crippen LogP contribution in [0.25, 0.3) is 10.2 Å². The maximum Gasteiger partial charge on any atom is 0.324 e. The number of carbonyl (C=O) groups excluding carboxylic acids is 1. The lowest BCUT2D eigenvalue weighted by Gasteiger charge is -2.28. The number of hydrogen-bond donors (Lipinski definition) is 1. The topological polar surface area (TPSA) is 63.7 Å². The Hall–Kier alpha value is -1.86. The van der Waals surface area contributed by atoms with Crippen molar-refractivity contribution in [2.75, 3.05) is 24.7 Å². The molecule has 3 aliphatic heterocycles. The minimum absolute atomic E-state index is 0.0625. The number of anilines is 1. The molecule has 5 rings (SSSR count). The summed E-state index contributed by atoms with van der Waals surface area (Å²) in [5.41, 5.74) is 2.15. The maximum absolute atomic E-state index is 12.4. The molecule has 2 atom stereocenters. The van der Waals surface area contributed by atoms with Crippen LogP contribution in [-0.2, 0) is 11.2 Å². The van der Waals surface area contributed by atoms with Crippen molar-refractivity contribution in [3.63, 3.8) is 0 Å². The summed E-state index contributed by atoms with van der Waals surface area (Å²) in [6.45, 7) is 2.00. The second-order valence-corrected chi connectivity index (χ2v) is 6.85. The van der Waals surface area contributed by atoms with Gasteiger partial charge in [-0.25, -0.2) is 9.78 Å². The van der Waals surface area contributed by atoms with E-state index in [1.165, 1.54) is 5.56 Å². The first-order valence-electron chi connectivity index (χ1n) is 7.54. The molecular formula is C15H15N3O3S. The van der Waals surface area contributed by atoms with Crippen molar-refractivity contribution in [1.82, 2.24) is 10.3 Å². The molecule has 0 radical (unpaired) electrons. The molecule has 2 saturated heterocycles. The molecular weight excluding hydrogens is 302 g/mol. The number of nitrogens with one attached hydrogen (secondary N) is 1. The van der Waals surface area contributed by atoms with Crippen LogP contribution in [0.15, 0.2) is 12.1 Å². The molecule has 1 N–H and O–H groups in total. The number of hydrogen-bond acceptors (Lipinski definition) is 5. The predicted octanol–water partition coefficient (Wildman–Crippen LogP) is 1.92. The van der Waals surface area contributed by atoms with Gasteiger partial charge in [-0.2, -0.15) is 0 Å². The first-order valence-corrected chi connectivity index (χ1v) is 8.35. The Morgan fingerprint density at radius 3 is 3.27 bits per heavy atom. The average Bonchev–Trinajstić information content (AvgIpc) is 3.20. The number of benzene rings is 1. The van der Waals surface area contributed by atoms with Crippen molar-refractivity contribution >= 4 is 32.7 Å². The highest BCUT2D eigenvalue weighted by molar-refractivity contribution is 7.22. The quantitative estimate of drug-likeness (QED) is 0.873. The van der Waals surface area contributed by atoms with Gasteiger partial charge in [-0.15, -0.1) is 0 Å². The summed E-state index contributed by atoms with van der Waals surface area (Å²) in [6.07, 6.45) is 1.74. The van der Waals surface area contributed by atoms with E-state index in [1.54, 1.807) is 11.3 Å². The molecule has 7 heteroatoms. The summed E-state index contributed by atoms with van der Waals surface area (Å²) < 4.78 is 12.2. The molecule has 2 amide bonds. The molecule has 2 aromatic rings. The number of urea groups is 1. The molecule has 3 aliphatic rings. The van der Waals surface area contributed by atoms with Crippen LogP contribution in [0.3, 0.4) is 0 Å². The van der Waals surface area contributed by atoms with Crippen molar-refractivity contribution in [3.05, 3.63) is 17.7 Å². The smallest absolute Gasteiger partial charge is 0.324 e. The Morgan fingerprint density at radius 2 is 2.32 bits per heavy atom. The van der Waals surface area contributed by atoms with Gasteiger partial charge in [0.05, 0.1) is 35.5 Å². The third-order valence-corrected chi connectivity index (χ3v) is 5.63. The maximum atomic E-state index is 12.4. The first kappa shape index (κ1) is 12.7. The summed E-state index contributed by atoms with van der Waals surface area (Å²) in [4.78, 5) is 18.9. The van der Waals surface area contributed by atoms with E-state index in [1.807, 2.05) is 17.0 Å². The fourth-order valence-electron chi connectivity index (χ4n) is 3.54. The standard InChI is InChI=1S/C15H15N3O3S/c19-14-16-9-7-20-5-4-10(9)18(14)15-17-13-8-3-6-21-11(8)1-2-12(13)22-15/h1-2,9-10H,3-7H2,(H,16,19)/t9-,10-/m1/s1. The Bertz CT molecular complexity index is 775. The molecule has 2 fully saturated rings. The Balaban J connectivity index is 1.60. The summed E-state index contributed by atoms with van der Waals surface area (Å²) in [5.74, 6) is 0.930. The average molecular weight is 317 g/mol. The Labute approximate surface area is 131 Å². The number of carbonyl (C=O) groups is 1. The van der Waals surface area contributed by atoms with E-state index in [0.29, 0.717) is 19.8 Å². The van der Waals surface area contributed by atoms with Gasteiger partial charge in [0.25, 0.3) is 0 Å². The summed E-state index contributed by atoms with van der Waals surface area (Å²) in [7, 11) is 0. The van der Waals surface area contributed by atoms with Crippen molar-refractivity contribution in [2.45, 2.75) is 24.9 Å². The van der Waals surface area contributed by atoms with Gasteiger partial charge < -0.3 is 14.8 Å². The van der Waals surface area contributed by atoms with Gasteiger partial charge in [-0.1, -0.05) is 11.3 Å². The predicted molar refractivity (Wildman–Crippen MR) is 82.8 cm³/mol. The number of aromatic nitrogens is 1. The molecule has 1 aromatic carbocycles. The van der Waals surface area contributed by atoms with Crippen LogP contribution < -0.4 is 15.0 Å². The molecule has 6 nitrogen and oxygen atoms in total. The highest BCUT2D eigenvalue weighted by atomic mass is 32.1. The summed E-state index contributed by atoms with van der Waals surface area (Å²) >= 11 is 1.58. The molecule has 0 unspecified atom stereocenters. The third kappa shape index (κ3) is 1.69. The molecule has 0 bridgehead atoms. The summed E-state index contributed by atoms with van der Waals surface area (Å²) in [5, 5.41) is 3.78. The molecule has 0 spiro atoms. The highest BCUT2D eigenvalue weighted by Crippen LogP contribution is 2.39. The largest absolute Gasteiger partial charge is 0.493 e. The molecule has 4 heterocycles. The van der Waals surface area contributed by atoms with Crippen LogP contribution in [0.2, 0.25) is 0 Å². The first-order chi connectivity index (χ1) is 10.8. The molecule has 1 aromatic heterocycles. The number of thiazole rings is 1. The van der Waals surface area contributed by atoms with Crippen LogP contribution in [-0.4, -0.2) is 42.9 Å². The van der Waals surface area contributed by atoms with Crippen molar-refractivity contribution < 1.29 is 14.3 Å². The van der Waals surface area contributed by atoms with Gasteiger partial charge in [0, 0.05) is 18.6 Å². The van der Waals surface area contributed by atoms with E-state index in [4.69, 9.17) is 14.5 Å². The van der Waals surface area contributed by atoms with Crippen molar-refractivity contribution in [1.29, 1.82) is 0 Å². The number of fused-ring (bicyclic) bond motifs is 4. The highest BCUT2D eigenvalue weighted by Gasteiger charge is 2.43. The Kier molecular flexibility index (Phi) is 2.63. The van der Waals surface area contributed by atoms with Crippen molar-refractivity contribution in [3.8, 4) is 5.75 Å². The number of rotatable bonds is 1. The van der Waals surface area contributed by atoms with Crippen LogP contribution >= 0.6 is 11.3 Å². The van der Waals surface area contributed by atoms with E-state index in [9.17, 15) is 4.79 Å². The van der Waals surface area contributed by atoms with Crippen LogP contribution in [0, 0.1) is 0 Å². The summed E-state index contributed by atoms with van der Waals surface area (Å²) in [6, 6.07) is 4.20. The SMILES string of the molecule is O=C1N[C@@H]2COCC[C@H]2N1c1nc2c3c(ccc2s1)OCC3. The van der Waals surface area contributed by atoms with Gasteiger partial charge >= 0.3 is 6.03 Å². The monoisotopic (exact) mass is 317 g/mol. The number of ether oxygens (including phenoxy) is 2. The van der Waals surface area contributed by atoms with Gasteiger partial charge in [0.15, 0.2) is 5.13 Å². The molecule has 22 heavy (non-hydrogen) atoms.